The average molecular weight is 278 g/mol. The van der Waals surface area contributed by atoms with Crippen LogP contribution in [0.15, 0.2) is 41.5 Å². The topological polar surface area (TPSA) is 67.8 Å². The molecule has 0 bridgehead atoms. The minimum atomic E-state index is -0.214. The first-order chi connectivity index (χ1) is 8.79. The van der Waals surface area contributed by atoms with E-state index < -0.39 is 0 Å². The van der Waals surface area contributed by atoms with E-state index in [1.54, 1.807) is 30.6 Å². The second-order valence-corrected chi connectivity index (χ2v) is 5.41. The number of nitrogens with zero attached hydrogens (tertiary/aromatic N) is 3. The highest BCUT2D eigenvalue weighted by Gasteiger charge is 2.09. The van der Waals surface area contributed by atoms with Crippen LogP contribution < -0.4 is 5.32 Å². The molecule has 0 saturated carbocycles. The molecule has 2 aromatic heterocycles. The Kier molecular flexibility index (Phi) is 4.43. The van der Waals surface area contributed by atoms with Crippen molar-refractivity contribution in [2.24, 2.45) is 0 Å². The van der Waals surface area contributed by atoms with Crippen LogP contribution in [0.25, 0.3) is 0 Å². The molecule has 2 rings (SSSR count). The standard InChI is InChI=1S/C11H10N4OS2/c1-2-7-17-11-15-14-10(18-11)13-9(16)8-3-5-12-6-4-8/h2-6H,1,7H2,(H,13,14,16). The Hall–Kier alpha value is -1.73. The molecule has 0 aliphatic carbocycles. The summed E-state index contributed by atoms with van der Waals surface area (Å²) in [6, 6.07) is 3.29. The normalized spacial score (nSPS) is 10.0. The van der Waals surface area contributed by atoms with Crippen molar-refractivity contribution in [3.8, 4) is 0 Å². The zero-order valence-electron chi connectivity index (χ0n) is 9.37. The fourth-order valence-corrected chi connectivity index (χ4v) is 2.63. The van der Waals surface area contributed by atoms with Crippen molar-refractivity contribution in [2.75, 3.05) is 11.1 Å². The Morgan fingerprint density at radius 2 is 2.22 bits per heavy atom. The second-order valence-electron chi connectivity index (χ2n) is 3.16. The molecule has 18 heavy (non-hydrogen) atoms. The van der Waals surface area contributed by atoms with Crippen LogP contribution in [-0.4, -0.2) is 26.8 Å². The monoisotopic (exact) mass is 278 g/mol. The van der Waals surface area contributed by atoms with E-state index in [-0.39, 0.29) is 5.91 Å². The van der Waals surface area contributed by atoms with E-state index in [1.165, 1.54) is 23.1 Å². The van der Waals surface area contributed by atoms with Crippen molar-refractivity contribution in [2.45, 2.75) is 4.34 Å². The van der Waals surface area contributed by atoms with Crippen LogP contribution in [0, 0.1) is 0 Å². The van der Waals surface area contributed by atoms with Gasteiger partial charge in [0.2, 0.25) is 5.13 Å². The Morgan fingerprint density at radius 1 is 1.44 bits per heavy atom. The summed E-state index contributed by atoms with van der Waals surface area (Å²) >= 11 is 2.87. The number of thioether (sulfide) groups is 1. The number of hydrogen-bond donors (Lipinski definition) is 1. The Labute approximate surface area is 112 Å². The van der Waals surface area contributed by atoms with E-state index in [1.807, 2.05) is 0 Å². The van der Waals surface area contributed by atoms with Gasteiger partial charge in [-0.25, -0.2) is 0 Å². The van der Waals surface area contributed by atoms with Gasteiger partial charge < -0.3 is 0 Å². The van der Waals surface area contributed by atoms with Crippen molar-refractivity contribution in [1.82, 2.24) is 15.2 Å². The van der Waals surface area contributed by atoms with E-state index in [9.17, 15) is 4.79 Å². The maximum absolute atomic E-state index is 11.8. The predicted octanol–water partition coefficient (Wildman–Crippen LogP) is 2.46. The van der Waals surface area contributed by atoms with Crippen LogP contribution in [0.5, 0.6) is 0 Å². The highest BCUT2D eigenvalue weighted by atomic mass is 32.2. The fourth-order valence-electron chi connectivity index (χ4n) is 1.12. The molecular weight excluding hydrogens is 268 g/mol. The van der Waals surface area contributed by atoms with Gasteiger partial charge in [-0.3, -0.25) is 15.1 Å². The average Bonchev–Trinajstić information content (AvgIpc) is 2.85. The van der Waals surface area contributed by atoms with E-state index in [2.05, 4.69) is 27.1 Å². The van der Waals surface area contributed by atoms with Crippen molar-refractivity contribution < 1.29 is 4.79 Å². The minimum Gasteiger partial charge on any atom is -0.296 e. The molecule has 2 aromatic rings. The number of rotatable bonds is 5. The molecule has 0 saturated heterocycles. The molecule has 2 heterocycles. The summed E-state index contributed by atoms with van der Waals surface area (Å²) in [6.45, 7) is 3.63. The zero-order chi connectivity index (χ0) is 12.8. The van der Waals surface area contributed by atoms with Crippen LogP contribution in [0.4, 0.5) is 5.13 Å². The molecule has 92 valence electrons. The summed E-state index contributed by atoms with van der Waals surface area (Å²) in [7, 11) is 0. The molecule has 0 aromatic carbocycles. The van der Waals surface area contributed by atoms with Crippen LogP contribution >= 0.6 is 23.1 Å². The maximum atomic E-state index is 11.8. The van der Waals surface area contributed by atoms with Gasteiger partial charge in [0.25, 0.3) is 5.91 Å². The molecule has 0 radical (unpaired) electrons. The van der Waals surface area contributed by atoms with Gasteiger partial charge in [0.05, 0.1) is 0 Å². The number of hydrogen-bond acceptors (Lipinski definition) is 6. The Balaban J connectivity index is 1.99. The second kappa shape index (κ2) is 6.27. The van der Waals surface area contributed by atoms with E-state index in [4.69, 9.17) is 0 Å². The first kappa shape index (κ1) is 12.7. The summed E-state index contributed by atoms with van der Waals surface area (Å²) in [6.07, 6.45) is 4.93. The van der Waals surface area contributed by atoms with Crippen LogP contribution in [0.3, 0.4) is 0 Å². The third-order valence-electron chi connectivity index (χ3n) is 1.89. The fraction of sp³-hybridized carbons (Fsp3) is 0.0909. The van der Waals surface area contributed by atoms with E-state index in [0.29, 0.717) is 10.7 Å². The Bertz CT molecular complexity index is 541. The van der Waals surface area contributed by atoms with E-state index in [0.717, 1.165) is 10.1 Å². The quantitative estimate of drug-likeness (QED) is 0.517. The summed E-state index contributed by atoms with van der Waals surface area (Å²) in [4.78, 5) is 15.7. The van der Waals surface area contributed by atoms with Gasteiger partial charge in [-0.2, -0.15) is 0 Å². The molecule has 0 unspecified atom stereocenters. The third kappa shape index (κ3) is 3.38. The lowest BCUT2D eigenvalue weighted by atomic mass is 10.2. The molecule has 0 aliphatic heterocycles. The largest absolute Gasteiger partial charge is 0.296 e. The zero-order valence-corrected chi connectivity index (χ0v) is 11.0. The van der Waals surface area contributed by atoms with Crippen molar-refractivity contribution in [3.63, 3.8) is 0 Å². The third-order valence-corrected chi connectivity index (χ3v) is 3.86. The minimum absolute atomic E-state index is 0.214. The smallest absolute Gasteiger partial charge is 0.257 e. The molecule has 0 atom stereocenters. The lowest BCUT2D eigenvalue weighted by Crippen LogP contribution is -2.11. The molecular formula is C11H10N4OS2. The Morgan fingerprint density at radius 3 is 2.94 bits per heavy atom. The van der Waals surface area contributed by atoms with Gasteiger partial charge in [-0.15, -0.1) is 16.8 Å². The SMILES string of the molecule is C=CCSc1nnc(NC(=O)c2ccncc2)s1. The molecule has 0 spiro atoms. The number of aromatic nitrogens is 3. The highest BCUT2D eigenvalue weighted by Crippen LogP contribution is 2.25. The summed E-state index contributed by atoms with van der Waals surface area (Å²) < 4.78 is 0.805. The summed E-state index contributed by atoms with van der Waals surface area (Å²) in [5.74, 6) is 0.557. The maximum Gasteiger partial charge on any atom is 0.257 e. The van der Waals surface area contributed by atoms with Crippen molar-refractivity contribution in [3.05, 3.63) is 42.7 Å². The molecule has 7 heteroatoms. The van der Waals surface area contributed by atoms with Gasteiger partial charge in [0, 0.05) is 23.7 Å². The van der Waals surface area contributed by atoms with Crippen LogP contribution in [0.2, 0.25) is 0 Å². The highest BCUT2D eigenvalue weighted by molar-refractivity contribution is 8.01. The summed E-state index contributed by atoms with van der Waals surface area (Å²) in [5, 5.41) is 11.0. The van der Waals surface area contributed by atoms with Crippen LogP contribution in [-0.2, 0) is 0 Å². The molecule has 0 aliphatic rings. The van der Waals surface area contributed by atoms with E-state index >= 15 is 0 Å². The number of amides is 1. The first-order valence-corrected chi connectivity index (χ1v) is 6.88. The van der Waals surface area contributed by atoms with Gasteiger partial charge in [-0.05, 0) is 12.1 Å². The lowest BCUT2D eigenvalue weighted by molar-refractivity contribution is 0.102. The molecule has 1 N–H and O–H groups in total. The van der Waals surface area contributed by atoms with Gasteiger partial charge in [-0.1, -0.05) is 29.2 Å². The first-order valence-electron chi connectivity index (χ1n) is 5.08. The van der Waals surface area contributed by atoms with Gasteiger partial charge in [0.1, 0.15) is 0 Å². The van der Waals surface area contributed by atoms with Gasteiger partial charge >= 0.3 is 0 Å². The number of pyridine rings is 1. The molecule has 0 fully saturated rings. The predicted molar refractivity (Wildman–Crippen MR) is 73.0 cm³/mol. The van der Waals surface area contributed by atoms with Gasteiger partial charge in [0.15, 0.2) is 4.34 Å². The molecule has 1 amide bonds. The van der Waals surface area contributed by atoms with Crippen molar-refractivity contribution >= 4 is 34.1 Å². The van der Waals surface area contributed by atoms with Crippen LogP contribution in [0.1, 0.15) is 10.4 Å². The number of carbonyl (C=O) groups is 1. The number of anilines is 1. The number of nitrogens with one attached hydrogen (secondary N) is 1. The molecule has 5 nitrogen and oxygen atoms in total. The van der Waals surface area contributed by atoms with Crippen molar-refractivity contribution in [1.29, 1.82) is 0 Å². The lowest BCUT2D eigenvalue weighted by Gasteiger charge is -1.99. The number of carbonyl (C=O) groups excluding carboxylic acids is 1. The summed E-state index contributed by atoms with van der Waals surface area (Å²) in [5.41, 5.74) is 0.542.